The molecule has 0 aromatic carbocycles. The molecule has 0 aliphatic heterocycles. The van der Waals surface area contributed by atoms with Crippen LogP contribution in [0.2, 0.25) is 0 Å². The number of unbranched alkanes of at least 4 members (excludes halogenated alkanes) is 40. The number of rotatable bonds is 55. The van der Waals surface area contributed by atoms with Gasteiger partial charge in [0, 0.05) is 6.42 Å². The Labute approximate surface area is 419 Å². The molecule has 0 bridgehead atoms. The van der Waals surface area contributed by atoms with Gasteiger partial charge in [-0.3, -0.25) is 4.79 Å². The average molecular weight is 937 g/mol. The Kier molecular flexibility index (Phi) is 56.7. The Balaban J connectivity index is 3.45. The summed E-state index contributed by atoms with van der Waals surface area (Å²) in [5, 5.41) is 23.2. The van der Waals surface area contributed by atoms with Crippen LogP contribution in [0.25, 0.3) is 0 Å². The molecule has 2 unspecified atom stereocenters. The van der Waals surface area contributed by atoms with E-state index in [2.05, 4.69) is 67.8 Å². The summed E-state index contributed by atoms with van der Waals surface area (Å²) in [4.78, 5) is 12.5. The lowest BCUT2D eigenvalue weighted by molar-refractivity contribution is -0.123. The molecule has 1 amide bonds. The van der Waals surface area contributed by atoms with Crippen LogP contribution < -0.4 is 5.32 Å². The summed E-state index contributed by atoms with van der Waals surface area (Å²) in [7, 11) is 0. The summed E-state index contributed by atoms with van der Waals surface area (Å²) < 4.78 is 0. The summed E-state index contributed by atoms with van der Waals surface area (Å²) in [6, 6.07) is -0.623. The molecule has 0 radical (unpaired) electrons. The predicted octanol–water partition coefficient (Wildman–Crippen LogP) is 20.0. The molecule has 0 saturated carbocycles. The third-order valence-electron chi connectivity index (χ3n) is 13.8. The van der Waals surface area contributed by atoms with Crippen molar-refractivity contribution in [3.8, 4) is 0 Å². The lowest BCUT2D eigenvalue weighted by Crippen LogP contribution is -2.45. The largest absolute Gasteiger partial charge is 0.394 e. The van der Waals surface area contributed by atoms with Crippen LogP contribution in [0.4, 0.5) is 0 Å². The molecule has 0 heterocycles. The van der Waals surface area contributed by atoms with Gasteiger partial charge in [-0.05, 0) is 57.8 Å². The van der Waals surface area contributed by atoms with Gasteiger partial charge in [0.25, 0.3) is 0 Å². The average Bonchev–Trinajstić information content (AvgIpc) is 3.33. The Morgan fingerprint density at radius 1 is 0.373 bits per heavy atom. The zero-order chi connectivity index (χ0) is 48.5. The lowest BCUT2D eigenvalue weighted by atomic mass is 10.0. The molecule has 0 aliphatic rings. The van der Waals surface area contributed by atoms with Crippen LogP contribution in [-0.2, 0) is 4.79 Å². The Bertz CT molecular complexity index is 1110. The van der Waals surface area contributed by atoms with Crippen molar-refractivity contribution in [1.29, 1.82) is 0 Å². The van der Waals surface area contributed by atoms with E-state index in [1.54, 1.807) is 6.08 Å². The van der Waals surface area contributed by atoms with Crippen molar-refractivity contribution in [2.45, 2.75) is 328 Å². The number of amides is 1. The minimum Gasteiger partial charge on any atom is -0.394 e. The molecule has 0 rings (SSSR count). The molecule has 0 fully saturated rings. The van der Waals surface area contributed by atoms with Crippen molar-refractivity contribution in [2.75, 3.05) is 6.61 Å². The molecule has 3 N–H and O–H groups in total. The summed E-state index contributed by atoms with van der Waals surface area (Å²) >= 11 is 0. The second kappa shape index (κ2) is 58.4. The molecule has 0 aliphatic carbocycles. The highest BCUT2D eigenvalue weighted by atomic mass is 16.3. The number of allylic oxidation sites excluding steroid dienone is 9. The van der Waals surface area contributed by atoms with E-state index in [4.69, 9.17) is 0 Å². The van der Waals surface area contributed by atoms with Gasteiger partial charge in [-0.15, -0.1) is 0 Å². The number of hydrogen-bond acceptors (Lipinski definition) is 3. The minimum absolute atomic E-state index is 0.0593. The van der Waals surface area contributed by atoms with E-state index in [0.29, 0.717) is 6.42 Å². The highest BCUT2D eigenvalue weighted by Crippen LogP contribution is 2.18. The molecular weight excluding hydrogens is 819 g/mol. The molecule has 4 nitrogen and oxygen atoms in total. The number of carbonyl (C=O) groups is 1. The fourth-order valence-corrected chi connectivity index (χ4v) is 9.23. The maximum absolute atomic E-state index is 12.5. The third kappa shape index (κ3) is 54.9. The molecule has 0 spiro atoms. The fourth-order valence-electron chi connectivity index (χ4n) is 9.23. The summed E-state index contributed by atoms with van der Waals surface area (Å²) in [6.07, 6.45) is 82.6. The second-order valence-corrected chi connectivity index (χ2v) is 20.4. The lowest BCUT2D eigenvalue weighted by Gasteiger charge is -2.20. The molecular formula is C63H117NO3. The van der Waals surface area contributed by atoms with Gasteiger partial charge in [0.15, 0.2) is 0 Å². The highest BCUT2D eigenvalue weighted by molar-refractivity contribution is 5.76. The van der Waals surface area contributed by atoms with E-state index in [9.17, 15) is 15.0 Å². The zero-order valence-electron chi connectivity index (χ0n) is 45.2. The van der Waals surface area contributed by atoms with Gasteiger partial charge in [-0.1, -0.05) is 312 Å². The van der Waals surface area contributed by atoms with Crippen LogP contribution in [0.15, 0.2) is 60.8 Å². The maximum atomic E-state index is 12.5. The van der Waals surface area contributed by atoms with Crippen molar-refractivity contribution in [2.24, 2.45) is 0 Å². The van der Waals surface area contributed by atoms with Crippen LogP contribution in [0.3, 0.4) is 0 Å². The van der Waals surface area contributed by atoms with Crippen molar-refractivity contribution in [1.82, 2.24) is 5.32 Å². The highest BCUT2D eigenvalue weighted by Gasteiger charge is 2.18. The third-order valence-corrected chi connectivity index (χ3v) is 13.8. The molecule has 4 heteroatoms. The zero-order valence-corrected chi connectivity index (χ0v) is 45.2. The van der Waals surface area contributed by atoms with Crippen molar-refractivity contribution < 1.29 is 15.0 Å². The van der Waals surface area contributed by atoms with Crippen LogP contribution in [0.5, 0.6) is 0 Å². The quantitative estimate of drug-likeness (QED) is 0.0420. The molecule has 0 saturated heterocycles. The number of aliphatic hydroxyl groups excluding tert-OH is 2. The summed E-state index contributed by atoms with van der Waals surface area (Å²) in [5.41, 5.74) is 0. The van der Waals surface area contributed by atoms with Gasteiger partial charge < -0.3 is 15.5 Å². The van der Waals surface area contributed by atoms with Gasteiger partial charge >= 0.3 is 0 Å². The standard InChI is InChI=1S/C63H117NO3/c1-3-5-7-9-11-13-15-17-19-21-23-25-27-28-29-30-31-32-33-34-35-36-37-39-41-43-45-47-49-51-53-55-57-59-63(67)64-61(60-65)62(66)58-56-54-52-50-48-46-44-42-40-38-26-24-22-20-18-16-14-12-10-8-6-4-2/h5,7,11,13,17,19,23,25,56,58,61-62,65-66H,3-4,6,8-10,12,14-16,18,20-22,24,26-55,57,59-60H2,1-2H3,(H,64,67)/b7-5-,13-11-,19-17-,25-23-,58-56+. The van der Waals surface area contributed by atoms with E-state index < -0.39 is 12.1 Å². The summed E-state index contributed by atoms with van der Waals surface area (Å²) in [6.45, 7) is 4.23. The minimum atomic E-state index is -0.840. The monoisotopic (exact) mass is 936 g/mol. The maximum Gasteiger partial charge on any atom is 0.220 e. The number of carbonyl (C=O) groups excluding carboxylic acids is 1. The first kappa shape index (κ1) is 65.1. The van der Waals surface area contributed by atoms with Crippen LogP contribution in [0.1, 0.15) is 316 Å². The first-order valence-electron chi connectivity index (χ1n) is 30.0. The van der Waals surface area contributed by atoms with Crippen LogP contribution >= 0.6 is 0 Å². The fraction of sp³-hybridized carbons (Fsp3) is 0.825. The topological polar surface area (TPSA) is 69.6 Å². The second-order valence-electron chi connectivity index (χ2n) is 20.4. The van der Waals surface area contributed by atoms with E-state index in [-0.39, 0.29) is 12.5 Å². The van der Waals surface area contributed by atoms with E-state index in [1.165, 1.54) is 244 Å². The van der Waals surface area contributed by atoms with Gasteiger partial charge in [-0.2, -0.15) is 0 Å². The van der Waals surface area contributed by atoms with E-state index in [1.807, 2.05) is 6.08 Å². The van der Waals surface area contributed by atoms with E-state index in [0.717, 1.165) is 51.4 Å². The van der Waals surface area contributed by atoms with Crippen molar-refractivity contribution in [3.05, 3.63) is 60.8 Å². The molecule has 0 aromatic heterocycles. The first-order chi connectivity index (χ1) is 33.2. The molecule has 0 aromatic rings. The smallest absolute Gasteiger partial charge is 0.220 e. The summed E-state index contributed by atoms with van der Waals surface area (Å²) in [5.74, 6) is -0.0593. The molecule has 2 atom stereocenters. The van der Waals surface area contributed by atoms with Crippen LogP contribution in [0, 0.1) is 0 Å². The number of aliphatic hydroxyl groups is 2. The van der Waals surface area contributed by atoms with Crippen molar-refractivity contribution in [3.63, 3.8) is 0 Å². The Morgan fingerprint density at radius 3 is 0.985 bits per heavy atom. The van der Waals surface area contributed by atoms with Crippen LogP contribution in [-0.4, -0.2) is 34.9 Å². The van der Waals surface area contributed by atoms with Crippen molar-refractivity contribution >= 4 is 5.91 Å². The molecule has 392 valence electrons. The predicted molar refractivity (Wildman–Crippen MR) is 299 cm³/mol. The SMILES string of the molecule is CC/C=C\C/C=C\C/C=C\C/C=C\CCCCCCCCCCCCCCCCCCCCCCC(=O)NC(CO)C(O)/C=C/CCCCCCCCCCCCCCCCCCCCCC. The Hall–Kier alpha value is -1.91. The van der Waals surface area contributed by atoms with E-state index >= 15 is 0 Å². The number of hydrogen-bond donors (Lipinski definition) is 3. The molecule has 67 heavy (non-hydrogen) atoms. The van der Waals surface area contributed by atoms with Gasteiger partial charge in [0.2, 0.25) is 5.91 Å². The van der Waals surface area contributed by atoms with Gasteiger partial charge in [0.05, 0.1) is 18.8 Å². The van der Waals surface area contributed by atoms with Gasteiger partial charge in [0.1, 0.15) is 0 Å². The Morgan fingerprint density at radius 2 is 0.657 bits per heavy atom. The normalized spacial score (nSPS) is 13.2. The van der Waals surface area contributed by atoms with Gasteiger partial charge in [-0.25, -0.2) is 0 Å². The number of nitrogens with one attached hydrogen (secondary N) is 1. The first-order valence-corrected chi connectivity index (χ1v) is 30.0.